The van der Waals surface area contributed by atoms with E-state index in [2.05, 4.69) is 0 Å². The van der Waals surface area contributed by atoms with Crippen LogP contribution in [0.5, 0.6) is 0 Å². The predicted octanol–water partition coefficient (Wildman–Crippen LogP) is 3.97. The molecule has 16 atom stereocenters. The number of allylic oxidation sites excluding steroid dienone is 2. The van der Waals surface area contributed by atoms with Crippen molar-refractivity contribution in [3.63, 3.8) is 0 Å². The molecule has 0 aromatic rings. The Kier molecular flexibility index (Phi) is 21.1. The molecule has 354 valence electrons. The van der Waals surface area contributed by atoms with E-state index in [0.29, 0.717) is 12.7 Å². The molecular formula is C45H73NO16. The number of methoxy groups -OCH3 is 1. The minimum atomic E-state index is -1.51. The van der Waals surface area contributed by atoms with E-state index in [0.717, 1.165) is 0 Å². The molecule has 0 aliphatic carbocycles. The minimum Gasteiger partial charge on any atom is -0.462 e. The number of cyclic esters (lactones) is 1. The summed E-state index contributed by atoms with van der Waals surface area (Å²) in [5.74, 6) is -3.31. The van der Waals surface area contributed by atoms with Crippen LogP contribution in [0.25, 0.3) is 0 Å². The molecule has 0 saturated carbocycles. The van der Waals surface area contributed by atoms with Crippen molar-refractivity contribution in [2.24, 2.45) is 17.8 Å². The van der Waals surface area contributed by atoms with Crippen LogP contribution in [-0.2, 0) is 66.6 Å². The number of rotatable bonds is 14. The van der Waals surface area contributed by atoms with E-state index in [1.54, 1.807) is 71.8 Å². The molecule has 0 radical (unpaired) electrons. The largest absolute Gasteiger partial charge is 0.462 e. The molecule has 3 heterocycles. The highest BCUT2D eigenvalue weighted by atomic mass is 16.7. The van der Waals surface area contributed by atoms with Gasteiger partial charge in [-0.05, 0) is 72.0 Å². The summed E-state index contributed by atoms with van der Waals surface area (Å²) in [6.45, 7) is 15.2. The number of hydrogen-bond donors (Lipinski definition) is 2. The number of carbonyl (C=O) groups excluding carboxylic acids is 5. The highest BCUT2D eigenvalue weighted by Crippen LogP contribution is 2.38. The Hall–Kier alpha value is -3.29. The third-order valence-corrected chi connectivity index (χ3v) is 11.4. The van der Waals surface area contributed by atoms with Gasteiger partial charge in [-0.1, -0.05) is 45.9 Å². The molecule has 17 nitrogen and oxygen atoms in total. The number of likely N-dealkylation sites (N-methyl/N-ethyl adjacent to an activating group) is 1. The Morgan fingerprint density at radius 2 is 1.68 bits per heavy atom. The first kappa shape index (κ1) is 53.1. The van der Waals surface area contributed by atoms with Crippen LogP contribution in [0.4, 0.5) is 0 Å². The second kappa shape index (κ2) is 24.7. The van der Waals surface area contributed by atoms with E-state index in [1.807, 2.05) is 26.8 Å². The molecule has 3 rings (SSSR count). The van der Waals surface area contributed by atoms with Gasteiger partial charge in [-0.15, -0.1) is 0 Å². The molecular weight excluding hydrogens is 810 g/mol. The van der Waals surface area contributed by atoms with Crippen molar-refractivity contribution in [2.45, 2.75) is 193 Å². The molecule has 0 amide bonds. The quantitative estimate of drug-likeness (QED) is 0.144. The highest BCUT2D eigenvalue weighted by molar-refractivity contribution is 5.72. The number of aliphatic hydroxyl groups excluding tert-OH is 1. The number of carbonyl (C=O) groups is 5. The molecule has 0 bridgehead atoms. The van der Waals surface area contributed by atoms with Crippen molar-refractivity contribution in [1.82, 2.24) is 4.90 Å². The second-order valence-corrected chi connectivity index (χ2v) is 17.8. The molecule has 2 N–H and O–H groups in total. The van der Waals surface area contributed by atoms with Crippen molar-refractivity contribution in [1.29, 1.82) is 0 Å². The summed E-state index contributed by atoms with van der Waals surface area (Å²) < 4.78 is 54.7. The van der Waals surface area contributed by atoms with Crippen LogP contribution in [0.1, 0.15) is 107 Å². The Labute approximate surface area is 367 Å². The van der Waals surface area contributed by atoms with Crippen molar-refractivity contribution in [3.8, 4) is 0 Å². The molecule has 0 aromatic carbocycles. The van der Waals surface area contributed by atoms with Gasteiger partial charge < -0.3 is 62.5 Å². The number of hydrogen-bond acceptors (Lipinski definition) is 17. The molecule has 2 fully saturated rings. The van der Waals surface area contributed by atoms with Crippen molar-refractivity contribution in [3.05, 3.63) is 24.3 Å². The summed E-state index contributed by atoms with van der Waals surface area (Å²) in [4.78, 5) is 65.3. The molecule has 62 heavy (non-hydrogen) atoms. The van der Waals surface area contributed by atoms with Crippen LogP contribution in [0.15, 0.2) is 24.3 Å². The van der Waals surface area contributed by atoms with Crippen molar-refractivity contribution < 1.29 is 76.8 Å². The molecule has 3 aliphatic rings. The maximum atomic E-state index is 13.4. The first-order valence-electron chi connectivity index (χ1n) is 21.9. The van der Waals surface area contributed by atoms with E-state index in [4.69, 9.17) is 42.6 Å². The van der Waals surface area contributed by atoms with E-state index in [9.17, 15) is 34.2 Å². The highest BCUT2D eigenvalue weighted by Gasteiger charge is 2.53. The lowest BCUT2D eigenvalue weighted by Gasteiger charge is -2.50. The molecule has 17 heteroatoms. The summed E-state index contributed by atoms with van der Waals surface area (Å²) in [6.07, 6.45) is -3.95. The zero-order valence-electron chi connectivity index (χ0n) is 38.6. The SMILES string of the molecule is CCC(=O)O[C@H]1/C=C\C=C/C[C@@H](C)OC(=O)C[C@@H](OC(C)=O)[C@H](OC)[C@@H](O[C@@H]2O[C@H](C)[C@@H](O[C@H]3C[C@@](C)(O)[C@@H](OC(=O)CC(C)C)[C@H](C)O3)[C@H](N(C)C)[C@H]2O)[C@@H](CC=O)C[C@H]1C. The van der Waals surface area contributed by atoms with Gasteiger partial charge in [-0.3, -0.25) is 19.2 Å². The van der Waals surface area contributed by atoms with Crippen LogP contribution in [0.3, 0.4) is 0 Å². The van der Waals surface area contributed by atoms with Crippen LogP contribution >= 0.6 is 0 Å². The van der Waals surface area contributed by atoms with Gasteiger partial charge in [0.05, 0.1) is 30.8 Å². The predicted molar refractivity (Wildman–Crippen MR) is 224 cm³/mol. The summed E-state index contributed by atoms with van der Waals surface area (Å²) in [6, 6.07) is -0.804. The van der Waals surface area contributed by atoms with Crippen LogP contribution in [-0.4, -0.2) is 152 Å². The zero-order valence-corrected chi connectivity index (χ0v) is 38.6. The summed E-state index contributed by atoms with van der Waals surface area (Å²) in [7, 11) is 4.85. The average molecular weight is 884 g/mol. The van der Waals surface area contributed by atoms with Gasteiger partial charge in [0.15, 0.2) is 18.7 Å². The Balaban J connectivity index is 2.03. The Morgan fingerprint density at radius 3 is 2.26 bits per heavy atom. The molecule has 0 unspecified atom stereocenters. The Bertz CT molecular complexity index is 1520. The van der Waals surface area contributed by atoms with Crippen molar-refractivity contribution >= 4 is 30.2 Å². The third kappa shape index (κ3) is 15.5. The first-order chi connectivity index (χ1) is 29.1. The van der Waals surface area contributed by atoms with Gasteiger partial charge >= 0.3 is 23.9 Å². The monoisotopic (exact) mass is 883 g/mol. The third-order valence-electron chi connectivity index (χ3n) is 11.4. The summed E-state index contributed by atoms with van der Waals surface area (Å²) in [5.41, 5.74) is -1.51. The fraction of sp³-hybridized carbons (Fsp3) is 0.800. The van der Waals surface area contributed by atoms with Gasteiger partial charge in [-0.2, -0.15) is 0 Å². The van der Waals surface area contributed by atoms with E-state index in [-0.39, 0.29) is 38.0 Å². The van der Waals surface area contributed by atoms with Gasteiger partial charge in [0.2, 0.25) is 0 Å². The maximum absolute atomic E-state index is 13.4. The summed E-state index contributed by atoms with van der Waals surface area (Å²) in [5, 5.41) is 23.7. The first-order valence-corrected chi connectivity index (χ1v) is 21.9. The summed E-state index contributed by atoms with van der Waals surface area (Å²) >= 11 is 0. The topological polar surface area (TPSA) is 212 Å². The Morgan fingerprint density at radius 1 is 0.984 bits per heavy atom. The lowest BCUT2D eigenvalue weighted by Crippen LogP contribution is -2.66. The van der Waals surface area contributed by atoms with E-state index in [1.165, 1.54) is 14.0 Å². The number of esters is 4. The molecule has 2 saturated heterocycles. The van der Waals surface area contributed by atoms with Crippen LogP contribution in [0, 0.1) is 17.8 Å². The zero-order chi connectivity index (χ0) is 46.5. The second-order valence-electron chi connectivity index (χ2n) is 17.8. The number of aldehydes is 1. The molecule has 0 aromatic heterocycles. The number of ether oxygens (including phenoxy) is 9. The maximum Gasteiger partial charge on any atom is 0.309 e. The fourth-order valence-corrected chi connectivity index (χ4v) is 8.46. The lowest BCUT2D eigenvalue weighted by atomic mass is 9.82. The van der Waals surface area contributed by atoms with Gasteiger partial charge in [0.1, 0.15) is 48.5 Å². The minimum absolute atomic E-state index is 0.0572. The van der Waals surface area contributed by atoms with Crippen LogP contribution in [0.2, 0.25) is 0 Å². The van der Waals surface area contributed by atoms with Gasteiger partial charge in [0.25, 0.3) is 0 Å². The van der Waals surface area contributed by atoms with E-state index < -0.39 is 127 Å². The van der Waals surface area contributed by atoms with Gasteiger partial charge in [0, 0.05) is 46.1 Å². The van der Waals surface area contributed by atoms with E-state index >= 15 is 0 Å². The van der Waals surface area contributed by atoms with Gasteiger partial charge in [-0.25, -0.2) is 0 Å². The average Bonchev–Trinajstić information content (AvgIpc) is 3.15. The smallest absolute Gasteiger partial charge is 0.309 e. The van der Waals surface area contributed by atoms with Crippen molar-refractivity contribution in [2.75, 3.05) is 21.2 Å². The standard InChI is InChI=1S/C45H73NO16/c1-13-34(49)59-32-18-16-14-15-17-27(5)55-36(51)23-33(58-30(8)48)42(54-12)41(31(19-20-47)22-26(32)4)62-44-39(52)38(46(10)11)40(28(6)57-44)61-37-24-45(9,53)43(29(7)56-37)60-35(50)21-25(2)3/h14-16,18,20,25-29,31-33,37-44,52-53H,13,17,19,21-24H2,1-12H3/b15-14-,18-16-/t26-,27-,28-,29+,31+,32+,33-,37+,38-,39-,40-,41+,42+,43+,44+,45-/m1/s1. The molecule has 0 spiro atoms. The number of aliphatic hydroxyl groups is 2. The fourth-order valence-electron chi connectivity index (χ4n) is 8.46. The van der Waals surface area contributed by atoms with Crippen LogP contribution < -0.4 is 0 Å². The number of nitrogens with zero attached hydrogens (tertiary/aromatic N) is 1. The normalized spacial score (nSPS) is 38.7. The molecule has 3 aliphatic heterocycles. The lowest BCUT2D eigenvalue weighted by molar-refractivity contribution is -0.344.